The summed E-state index contributed by atoms with van der Waals surface area (Å²) in [6, 6.07) is 15.6. The third-order valence-electron chi connectivity index (χ3n) is 7.16. The van der Waals surface area contributed by atoms with Crippen molar-refractivity contribution in [3.8, 4) is 11.1 Å². The topological polar surface area (TPSA) is 95.9 Å². The number of hydrogen-bond donors (Lipinski definition) is 2. The van der Waals surface area contributed by atoms with E-state index in [4.69, 9.17) is 4.74 Å². The van der Waals surface area contributed by atoms with Gasteiger partial charge in [-0.3, -0.25) is 4.79 Å². The van der Waals surface area contributed by atoms with Crippen molar-refractivity contribution in [3.05, 3.63) is 59.7 Å². The first kappa shape index (κ1) is 24.8. The lowest BCUT2D eigenvalue weighted by molar-refractivity contribution is -0.156. The van der Waals surface area contributed by atoms with Crippen molar-refractivity contribution in [1.82, 2.24) is 10.2 Å². The fourth-order valence-corrected chi connectivity index (χ4v) is 5.61. The monoisotopic (exact) mass is 478 g/mol. The van der Waals surface area contributed by atoms with Crippen molar-refractivity contribution in [1.29, 1.82) is 0 Å². The number of nitrogens with one attached hydrogen (secondary N) is 1. The minimum absolute atomic E-state index is 0.0160. The number of benzene rings is 2. The van der Waals surface area contributed by atoms with E-state index >= 15 is 0 Å². The van der Waals surface area contributed by atoms with Crippen molar-refractivity contribution in [2.24, 2.45) is 11.8 Å². The van der Waals surface area contributed by atoms with Gasteiger partial charge in [0.1, 0.15) is 12.6 Å². The number of carbonyl (C=O) groups is 3. The van der Waals surface area contributed by atoms with E-state index in [-0.39, 0.29) is 30.8 Å². The number of unbranched alkanes of at least 4 members (excludes halogenated alkanes) is 1. The number of rotatable bonds is 8. The molecule has 1 heterocycles. The van der Waals surface area contributed by atoms with Gasteiger partial charge in [0.15, 0.2) is 0 Å². The van der Waals surface area contributed by atoms with E-state index in [1.165, 1.54) is 27.2 Å². The molecule has 2 amide bonds. The fourth-order valence-electron chi connectivity index (χ4n) is 5.61. The first-order chi connectivity index (χ1) is 16.9. The smallest absolute Gasteiger partial charge is 0.407 e. The Morgan fingerprint density at radius 3 is 2.26 bits per heavy atom. The summed E-state index contributed by atoms with van der Waals surface area (Å²) in [4.78, 5) is 38.2. The Hall–Kier alpha value is -3.35. The van der Waals surface area contributed by atoms with Gasteiger partial charge in [0.25, 0.3) is 0 Å². The third-order valence-corrected chi connectivity index (χ3v) is 7.16. The van der Waals surface area contributed by atoms with Crippen molar-refractivity contribution in [2.75, 3.05) is 19.7 Å². The minimum Gasteiger partial charge on any atom is -0.480 e. The van der Waals surface area contributed by atoms with E-state index in [0.717, 1.165) is 6.42 Å². The van der Waals surface area contributed by atoms with Crippen LogP contribution < -0.4 is 5.32 Å². The second-order valence-corrected chi connectivity index (χ2v) is 9.86. The lowest BCUT2D eigenvalue weighted by Crippen LogP contribution is -2.54. The molecule has 1 saturated heterocycles. The molecular formula is C28H34N2O5. The molecule has 7 heteroatoms. The van der Waals surface area contributed by atoms with Crippen molar-refractivity contribution < 1.29 is 24.2 Å². The van der Waals surface area contributed by atoms with Gasteiger partial charge in [0.2, 0.25) is 5.91 Å². The number of alkyl carbamates (subject to hydrolysis) is 1. The van der Waals surface area contributed by atoms with Crippen LogP contribution in [0.15, 0.2) is 48.5 Å². The SMILES string of the molecule is CC1CC(C)C(C(=O)O)N(C(=O)CCCCNC(=O)OCC2c3ccccc3-c3ccccc32)C1. The maximum atomic E-state index is 12.7. The van der Waals surface area contributed by atoms with E-state index < -0.39 is 18.1 Å². The number of carbonyl (C=O) groups excluding carboxylic acids is 2. The Bertz CT molecular complexity index is 1040. The molecule has 0 saturated carbocycles. The fraction of sp³-hybridized carbons (Fsp3) is 0.464. The minimum atomic E-state index is -0.935. The van der Waals surface area contributed by atoms with Gasteiger partial charge in [-0.1, -0.05) is 62.4 Å². The summed E-state index contributed by atoms with van der Waals surface area (Å²) in [5.41, 5.74) is 4.70. The van der Waals surface area contributed by atoms with Gasteiger partial charge in [-0.15, -0.1) is 0 Å². The zero-order valence-electron chi connectivity index (χ0n) is 20.4. The maximum absolute atomic E-state index is 12.7. The Balaban J connectivity index is 1.20. The molecule has 186 valence electrons. The molecule has 0 bridgehead atoms. The Morgan fingerprint density at radius 1 is 1.00 bits per heavy atom. The van der Waals surface area contributed by atoms with Gasteiger partial charge >= 0.3 is 12.1 Å². The predicted molar refractivity (Wildman–Crippen MR) is 133 cm³/mol. The molecule has 2 aromatic rings. The van der Waals surface area contributed by atoms with Crippen LogP contribution in [0.5, 0.6) is 0 Å². The molecule has 7 nitrogen and oxygen atoms in total. The van der Waals surface area contributed by atoms with Crippen LogP contribution in [0.25, 0.3) is 11.1 Å². The number of aliphatic carboxylic acids is 1. The predicted octanol–water partition coefficient (Wildman–Crippen LogP) is 4.65. The summed E-state index contributed by atoms with van der Waals surface area (Å²) < 4.78 is 5.54. The lowest BCUT2D eigenvalue weighted by Gasteiger charge is -2.40. The van der Waals surface area contributed by atoms with Gasteiger partial charge in [0, 0.05) is 25.4 Å². The highest BCUT2D eigenvalue weighted by Crippen LogP contribution is 2.44. The molecule has 3 atom stereocenters. The first-order valence-electron chi connectivity index (χ1n) is 12.5. The normalized spacial score (nSPS) is 21.2. The summed E-state index contributed by atoms with van der Waals surface area (Å²) in [7, 11) is 0. The summed E-state index contributed by atoms with van der Waals surface area (Å²) in [5.74, 6) is -0.816. The molecule has 0 radical (unpaired) electrons. The zero-order valence-corrected chi connectivity index (χ0v) is 20.4. The largest absolute Gasteiger partial charge is 0.480 e. The number of likely N-dealkylation sites (tertiary alicyclic amines) is 1. The van der Waals surface area contributed by atoms with Crippen LogP contribution in [0.2, 0.25) is 0 Å². The molecule has 4 rings (SSSR count). The lowest BCUT2D eigenvalue weighted by atomic mass is 9.85. The number of amides is 2. The maximum Gasteiger partial charge on any atom is 0.407 e. The summed E-state index contributed by atoms with van der Waals surface area (Å²) in [5, 5.41) is 12.3. The van der Waals surface area contributed by atoms with E-state index in [1.54, 1.807) is 0 Å². The Kier molecular flexibility index (Phi) is 7.73. The van der Waals surface area contributed by atoms with Gasteiger partial charge < -0.3 is 20.1 Å². The molecule has 1 aliphatic heterocycles. The molecule has 2 aliphatic rings. The molecule has 1 fully saturated rings. The van der Waals surface area contributed by atoms with Crippen molar-refractivity contribution in [3.63, 3.8) is 0 Å². The van der Waals surface area contributed by atoms with Crippen LogP contribution in [-0.4, -0.2) is 53.7 Å². The van der Waals surface area contributed by atoms with E-state index in [1.807, 2.05) is 38.1 Å². The second-order valence-electron chi connectivity index (χ2n) is 9.86. The molecule has 0 aromatic heterocycles. The molecule has 2 aromatic carbocycles. The molecule has 0 spiro atoms. The highest BCUT2D eigenvalue weighted by molar-refractivity contribution is 5.84. The van der Waals surface area contributed by atoms with Gasteiger partial charge in [-0.2, -0.15) is 0 Å². The van der Waals surface area contributed by atoms with Crippen LogP contribution in [0.3, 0.4) is 0 Å². The van der Waals surface area contributed by atoms with Crippen LogP contribution in [0.1, 0.15) is 56.6 Å². The number of ether oxygens (including phenoxy) is 1. The van der Waals surface area contributed by atoms with Crippen molar-refractivity contribution in [2.45, 2.75) is 51.5 Å². The molecule has 3 unspecified atom stereocenters. The average molecular weight is 479 g/mol. The standard InChI is InChI=1S/C28H34N2O5/c1-18-15-19(2)26(27(32)33)30(16-18)25(31)13-7-8-14-29-28(34)35-17-24-22-11-5-3-9-20(22)21-10-4-6-12-23(21)24/h3-6,9-12,18-19,24,26H,7-8,13-17H2,1-2H3,(H,29,34)(H,32,33). The average Bonchev–Trinajstić information content (AvgIpc) is 3.15. The van der Waals surface area contributed by atoms with Gasteiger partial charge in [-0.05, 0) is 53.4 Å². The van der Waals surface area contributed by atoms with E-state index in [0.29, 0.717) is 31.8 Å². The van der Waals surface area contributed by atoms with Gasteiger partial charge in [0.05, 0.1) is 0 Å². The summed E-state index contributed by atoms with van der Waals surface area (Å²) >= 11 is 0. The van der Waals surface area contributed by atoms with Crippen molar-refractivity contribution >= 4 is 18.0 Å². The Labute approximate surface area is 206 Å². The quantitative estimate of drug-likeness (QED) is 0.539. The molecule has 1 aliphatic carbocycles. The molecule has 2 N–H and O–H groups in total. The number of fused-ring (bicyclic) bond motifs is 3. The number of nitrogens with zero attached hydrogens (tertiary/aromatic N) is 1. The Morgan fingerprint density at radius 2 is 1.63 bits per heavy atom. The summed E-state index contributed by atoms with van der Waals surface area (Å²) in [6.45, 7) is 5.09. The van der Waals surface area contributed by atoms with E-state index in [2.05, 4.69) is 29.6 Å². The second kappa shape index (κ2) is 10.9. The van der Waals surface area contributed by atoms with Crippen LogP contribution in [0, 0.1) is 11.8 Å². The molecular weight excluding hydrogens is 444 g/mol. The van der Waals surface area contributed by atoms with Crippen LogP contribution >= 0.6 is 0 Å². The zero-order chi connectivity index (χ0) is 24.9. The van der Waals surface area contributed by atoms with E-state index in [9.17, 15) is 19.5 Å². The highest BCUT2D eigenvalue weighted by Gasteiger charge is 2.39. The molecule has 35 heavy (non-hydrogen) atoms. The van der Waals surface area contributed by atoms with Crippen LogP contribution in [-0.2, 0) is 14.3 Å². The third kappa shape index (κ3) is 5.50. The number of piperidine rings is 1. The summed E-state index contributed by atoms with van der Waals surface area (Å²) in [6.07, 6.45) is 1.81. The van der Waals surface area contributed by atoms with Gasteiger partial charge in [-0.25, -0.2) is 9.59 Å². The number of carboxylic acid groups (broad SMARTS) is 1. The first-order valence-corrected chi connectivity index (χ1v) is 12.5. The highest BCUT2D eigenvalue weighted by atomic mass is 16.5. The van der Waals surface area contributed by atoms with Crippen LogP contribution in [0.4, 0.5) is 4.79 Å². The number of hydrogen-bond acceptors (Lipinski definition) is 4. The number of carboxylic acids is 1.